The van der Waals surface area contributed by atoms with E-state index in [1.165, 1.54) is 5.56 Å². The van der Waals surface area contributed by atoms with E-state index >= 15 is 0 Å². The molecule has 3 nitrogen and oxygen atoms in total. The average molecular weight is 284 g/mol. The standard InChI is InChI=1S/C18H24N2O/c1-3-13-21-17-12-8-11-16(18(17)19)20-15(4-2)14-9-6-5-7-10-14/h5-12,15,20H,3-4,13,19H2,1-2H3. The second-order valence-corrected chi connectivity index (χ2v) is 5.08. The maximum absolute atomic E-state index is 6.22. The highest BCUT2D eigenvalue weighted by molar-refractivity contribution is 5.73. The molecule has 0 aromatic heterocycles. The van der Waals surface area contributed by atoms with Gasteiger partial charge in [-0.2, -0.15) is 0 Å². The molecule has 0 amide bonds. The first-order valence-electron chi connectivity index (χ1n) is 7.59. The van der Waals surface area contributed by atoms with Gasteiger partial charge in [0.1, 0.15) is 5.75 Å². The zero-order valence-corrected chi connectivity index (χ0v) is 12.8. The van der Waals surface area contributed by atoms with E-state index in [9.17, 15) is 0 Å². The Balaban J connectivity index is 2.18. The van der Waals surface area contributed by atoms with E-state index < -0.39 is 0 Å². The summed E-state index contributed by atoms with van der Waals surface area (Å²) in [4.78, 5) is 0. The van der Waals surface area contributed by atoms with Crippen molar-refractivity contribution < 1.29 is 4.74 Å². The molecule has 3 heteroatoms. The minimum Gasteiger partial charge on any atom is -0.491 e. The third-order valence-electron chi connectivity index (χ3n) is 3.47. The van der Waals surface area contributed by atoms with Gasteiger partial charge in [0.15, 0.2) is 0 Å². The number of hydrogen-bond acceptors (Lipinski definition) is 3. The molecule has 0 aliphatic carbocycles. The van der Waals surface area contributed by atoms with Gasteiger partial charge in [0.2, 0.25) is 0 Å². The fourth-order valence-corrected chi connectivity index (χ4v) is 2.30. The van der Waals surface area contributed by atoms with Gasteiger partial charge in [-0.05, 0) is 30.5 Å². The number of nitrogen functional groups attached to an aromatic ring is 1. The Hall–Kier alpha value is -2.16. The van der Waals surface area contributed by atoms with E-state index in [0.29, 0.717) is 12.3 Å². The zero-order chi connectivity index (χ0) is 15.1. The number of benzene rings is 2. The van der Waals surface area contributed by atoms with Crippen LogP contribution in [0.4, 0.5) is 11.4 Å². The summed E-state index contributed by atoms with van der Waals surface area (Å²) in [6.45, 7) is 4.93. The first kappa shape index (κ1) is 15.2. The maximum Gasteiger partial charge on any atom is 0.144 e. The predicted octanol–water partition coefficient (Wildman–Crippen LogP) is 4.62. The highest BCUT2D eigenvalue weighted by Crippen LogP contribution is 2.32. The first-order chi connectivity index (χ1) is 10.3. The predicted molar refractivity (Wildman–Crippen MR) is 89.7 cm³/mol. The molecular formula is C18H24N2O. The number of hydrogen-bond donors (Lipinski definition) is 2. The quantitative estimate of drug-likeness (QED) is 0.729. The first-order valence-corrected chi connectivity index (χ1v) is 7.59. The number of nitrogens with one attached hydrogen (secondary N) is 1. The lowest BCUT2D eigenvalue weighted by Gasteiger charge is -2.21. The van der Waals surface area contributed by atoms with E-state index in [0.717, 1.165) is 24.3 Å². The highest BCUT2D eigenvalue weighted by atomic mass is 16.5. The maximum atomic E-state index is 6.22. The number of anilines is 2. The van der Waals surface area contributed by atoms with Crippen molar-refractivity contribution in [3.05, 3.63) is 54.1 Å². The molecule has 2 rings (SSSR count). The van der Waals surface area contributed by atoms with Gasteiger partial charge in [-0.3, -0.25) is 0 Å². The number of ether oxygens (including phenoxy) is 1. The van der Waals surface area contributed by atoms with E-state index in [1.54, 1.807) is 0 Å². The third kappa shape index (κ3) is 3.91. The van der Waals surface area contributed by atoms with Gasteiger partial charge in [-0.1, -0.05) is 50.2 Å². The van der Waals surface area contributed by atoms with Crippen molar-refractivity contribution in [2.75, 3.05) is 17.7 Å². The molecule has 0 heterocycles. The molecule has 1 atom stereocenters. The van der Waals surface area contributed by atoms with Gasteiger partial charge >= 0.3 is 0 Å². The molecule has 0 saturated heterocycles. The van der Waals surface area contributed by atoms with Crippen LogP contribution in [-0.2, 0) is 0 Å². The van der Waals surface area contributed by atoms with Gasteiger partial charge in [-0.15, -0.1) is 0 Å². The average Bonchev–Trinajstić information content (AvgIpc) is 2.53. The van der Waals surface area contributed by atoms with Crippen LogP contribution in [0.2, 0.25) is 0 Å². The Kier molecular flexibility index (Phi) is 5.50. The molecule has 0 aliphatic rings. The molecule has 0 radical (unpaired) electrons. The van der Waals surface area contributed by atoms with Gasteiger partial charge in [-0.25, -0.2) is 0 Å². The van der Waals surface area contributed by atoms with Crippen LogP contribution in [0.5, 0.6) is 5.75 Å². The molecule has 21 heavy (non-hydrogen) atoms. The summed E-state index contributed by atoms with van der Waals surface area (Å²) in [5.74, 6) is 0.754. The van der Waals surface area contributed by atoms with Crippen molar-refractivity contribution in [2.24, 2.45) is 0 Å². The monoisotopic (exact) mass is 284 g/mol. The third-order valence-corrected chi connectivity index (χ3v) is 3.47. The molecule has 1 unspecified atom stereocenters. The summed E-state index contributed by atoms with van der Waals surface area (Å²) in [6.07, 6.45) is 1.96. The smallest absolute Gasteiger partial charge is 0.144 e. The van der Waals surface area contributed by atoms with Gasteiger partial charge in [0, 0.05) is 0 Å². The van der Waals surface area contributed by atoms with E-state index in [1.807, 2.05) is 24.3 Å². The fourth-order valence-electron chi connectivity index (χ4n) is 2.30. The summed E-state index contributed by atoms with van der Waals surface area (Å²) >= 11 is 0. The van der Waals surface area contributed by atoms with E-state index in [2.05, 4.69) is 43.4 Å². The zero-order valence-electron chi connectivity index (χ0n) is 12.8. The normalized spacial score (nSPS) is 11.9. The molecule has 3 N–H and O–H groups in total. The summed E-state index contributed by atoms with van der Waals surface area (Å²) in [7, 11) is 0. The van der Waals surface area contributed by atoms with Crippen LogP contribution in [0.15, 0.2) is 48.5 Å². The highest BCUT2D eigenvalue weighted by Gasteiger charge is 2.12. The molecule has 0 spiro atoms. The fraction of sp³-hybridized carbons (Fsp3) is 0.333. The lowest BCUT2D eigenvalue weighted by Crippen LogP contribution is -2.11. The number of rotatable bonds is 7. The molecule has 0 saturated carbocycles. The summed E-state index contributed by atoms with van der Waals surface area (Å²) in [5, 5.41) is 3.53. The second kappa shape index (κ2) is 7.58. The summed E-state index contributed by atoms with van der Waals surface area (Å²) in [6, 6.07) is 16.6. The Morgan fingerprint density at radius 1 is 1.05 bits per heavy atom. The molecule has 0 bridgehead atoms. The molecule has 2 aromatic carbocycles. The minimum absolute atomic E-state index is 0.245. The van der Waals surface area contributed by atoms with Gasteiger partial charge in [0.25, 0.3) is 0 Å². The lowest BCUT2D eigenvalue weighted by molar-refractivity contribution is 0.319. The van der Waals surface area contributed by atoms with Crippen LogP contribution in [0.1, 0.15) is 38.3 Å². The molecule has 112 valence electrons. The van der Waals surface area contributed by atoms with Crippen molar-refractivity contribution in [3.8, 4) is 5.75 Å². The minimum atomic E-state index is 0.245. The van der Waals surface area contributed by atoms with Gasteiger partial charge in [0.05, 0.1) is 24.0 Å². The van der Waals surface area contributed by atoms with Crippen molar-refractivity contribution in [1.29, 1.82) is 0 Å². The van der Waals surface area contributed by atoms with Crippen molar-refractivity contribution >= 4 is 11.4 Å². The Bertz CT molecular complexity index is 554. The summed E-state index contributed by atoms with van der Waals surface area (Å²) in [5.41, 5.74) is 9.09. The lowest BCUT2D eigenvalue weighted by atomic mass is 10.0. The van der Waals surface area contributed by atoms with Crippen LogP contribution in [-0.4, -0.2) is 6.61 Å². The molecular weight excluding hydrogens is 260 g/mol. The van der Waals surface area contributed by atoms with Crippen molar-refractivity contribution in [2.45, 2.75) is 32.7 Å². The van der Waals surface area contributed by atoms with E-state index in [-0.39, 0.29) is 6.04 Å². The van der Waals surface area contributed by atoms with Crippen molar-refractivity contribution in [3.63, 3.8) is 0 Å². The molecule has 2 aromatic rings. The topological polar surface area (TPSA) is 47.3 Å². The van der Waals surface area contributed by atoms with Gasteiger partial charge < -0.3 is 15.8 Å². The number of nitrogens with two attached hydrogens (primary N) is 1. The SMILES string of the molecule is CCCOc1cccc(NC(CC)c2ccccc2)c1N. The largest absolute Gasteiger partial charge is 0.491 e. The van der Waals surface area contributed by atoms with Crippen LogP contribution >= 0.6 is 0 Å². The molecule has 0 aliphatic heterocycles. The van der Waals surface area contributed by atoms with Crippen LogP contribution in [0, 0.1) is 0 Å². The number of para-hydroxylation sites is 1. The Morgan fingerprint density at radius 2 is 1.81 bits per heavy atom. The van der Waals surface area contributed by atoms with E-state index in [4.69, 9.17) is 10.5 Å². The van der Waals surface area contributed by atoms with Crippen molar-refractivity contribution in [1.82, 2.24) is 0 Å². The van der Waals surface area contributed by atoms with Crippen LogP contribution in [0.3, 0.4) is 0 Å². The Morgan fingerprint density at radius 3 is 2.48 bits per heavy atom. The summed E-state index contributed by atoms with van der Waals surface area (Å²) < 4.78 is 5.68. The van der Waals surface area contributed by atoms with Crippen LogP contribution < -0.4 is 15.8 Å². The molecule has 0 fully saturated rings. The second-order valence-electron chi connectivity index (χ2n) is 5.08. The van der Waals surface area contributed by atoms with Crippen LogP contribution in [0.25, 0.3) is 0 Å². The Labute approximate surface area is 127 Å².